The molecule has 0 aliphatic carbocycles. The summed E-state index contributed by atoms with van der Waals surface area (Å²) in [6.45, 7) is 2.29. The first-order valence-electron chi connectivity index (χ1n) is 6.03. The van der Waals surface area contributed by atoms with Crippen LogP contribution in [0.5, 0.6) is 0 Å². The lowest BCUT2D eigenvalue weighted by molar-refractivity contribution is -0.124. The molecule has 0 bridgehead atoms. The molecule has 0 aliphatic heterocycles. The van der Waals surface area contributed by atoms with E-state index in [1.807, 2.05) is 6.92 Å². The van der Waals surface area contributed by atoms with Crippen LogP contribution in [0.15, 0.2) is 18.2 Å². The summed E-state index contributed by atoms with van der Waals surface area (Å²) in [4.78, 5) is 23.0. The fourth-order valence-corrected chi connectivity index (χ4v) is 1.56. The van der Waals surface area contributed by atoms with E-state index in [0.717, 1.165) is 12.8 Å². The molecule has 0 atom stereocenters. The van der Waals surface area contributed by atoms with Crippen molar-refractivity contribution in [3.05, 3.63) is 28.8 Å². The number of ether oxygens (including phenoxy) is 1. The highest BCUT2D eigenvalue weighted by molar-refractivity contribution is 6.31. The van der Waals surface area contributed by atoms with Crippen LogP contribution in [0.4, 0.5) is 5.69 Å². The van der Waals surface area contributed by atoms with Gasteiger partial charge in [-0.25, -0.2) is 4.79 Å². The van der Waals surface area contributed by atoms with Crippen LogP contribution in [-0.4, -0.2) is 25.0 Å². The van der Waals surface area contributed by atoms with Crippen molar-refractivity contribution >= 4 is 29.2 Å². The Morgan fingerprint density at radius 3 is 2.79 bits per heavy atom. The standard InChI is InChI=1S/C13H17ClN2O3/c1-2-3-6-16-12(17)8-19-13(18)10-5-4-9(14)7-11(10)15/h4-5,7H,2-3,6,8,15H2,1H3,(H,16,17). The first-order valence-corrected chi connectivity index (χ1v) is 6.41. The third-order valence-electron chi connectivity index (χ3n) is 2.42. The highest BCUT2D eigenvalue weighted by Crippen LogP contribution is 2.18. The van der Waals surface area contributed by atoms with Crippen LogP contribution in [0.25, 0.3) is 0 Å². The number of benzene rings is 1. The minimum absolute atomic E-state index is 0.200. The van der Waals surface area contributed by atoms with E-state index in [1.165, 1.54) is 18.2 Å². The van der Waals surface area contributed by atoms with E-state index >= 15 is 0 Å². The fraction of sp³-hybridized carbons (Fsp3) is 0.385. The number of nitrogens with one attached hydrogen (secondary N) is 1. The van der Waals surface area contributed by atoms with Gasteiger partial charge in [-0.05, 0) is 24.6 Å². The van der Waals surface area contributed by atoms with Gasteiger partial charge >= 0.3 is 5.97 Å². The molecule has 0 aliphatic rings. The number of anilines is 1. The summed E-state index contributed by atoms with van der Waals surface area (Å²) in [6, 6.07) is 4.46. The van der Waals surface area contributed by atoms with Crippen molar-refractivity contribution < 1.29 is 14.3 Å². The highest BCUT2D eigenvalue weighted by atomic mass is 35.5. The number of carbonyl (C=O) groups excluding carboxylic acids is 2. The Morgan fingerprint density at radius 2 is 2.16 bits per heavy atom. The van der Waals surface area contributed by atoms with Gasteiger partial charge in [-0.2, -0.15) is 0 Å². The van der Waals surface area contributed by atoms with Crippen molar-refractivity contribution in [2.45, 2.75) is 19.8 Å². The summed E-state index contributed by atoms with van der Waals surface area (Å²) in [6.07, 6.45) is 1.88. The third kappa shape index (κ3) is 5.18. The number of rotatable bonds is 6. The molecule has 1 aromatic carbocycles. The molecule has 19 heavy (non-hydrogen) atoms. The van der Waals surface area contributed by atoms with Gasteiger partial charge in [0.2, 0.25) is 0 Å². The van der Waals surface area contributed by atoms with E-state index in [1.54, 1.807) is 0 Å². The maximum absolute atomic E-state index is 11.7. The average molecular weight is 285 g/mol. The molecule has 104 valence electrons. The van der Waals surface area contributed by atoms with Crippen LogP contribution in [0.2, 0.25) is 5.02 Å². The van der Waals surface area contributed by atoms with Crippen LogP contribution in [0.1, 0.15) is 30.1 Å². The summed E-state index contributed by atoms with van der Waals surface area (Å²) in [5.41, 5.74) is 6.07. The minimum Gasteiger partial charge on any atom is -0.452 e. The maximum Gasteiger partial charge on any atom is 0.340 e. The van der Waals surface area contributed by atoms with E-state index in [2.05, 4.69) is 5.32 Å². The van der Waals surface area contributed by atoms with Crippen LogP contribution in [0, 0.1) is 0 Å². The molecular formula is C13H17ClN2O3. The summed E-state index contributed by atoms with van der Waals surface area (Å²) in [5, 5.41) is 3.08. The number of unbranched alkanes of at least 4 members (excludes halogenated alkanes) is 1. The smallest absolute Gasteiger partial charge is 0.340 e. The molecule has 0 unspecified atom stereocenters. The van der Waals surface area contributed by atoms with Crippen molar-refractivity contribution in [3.8, 4) is 0 Å². The summed E-state index contributed by atoms with van der Waals surface area (Å²) in [7, 11) is 0. The summed E-state index contributed by atoms with van der Waals surface area (Å²) < 4.78 is 4.87. The number of carbonyl (C=O) groups is 2. The molecule has 0 heterocycles. The molecule has 3 N–H and O–H groups in total. The average Bonchev–Trinajstić information content (AvgIpc) is 2.36. The monoisotopic (exact) mass is 284 g/mol. The Hall–Kier alpha value is -1.75. The van der Waals surface area contributed by atoms with Crippen molar-refractivity contribution in [3.63, 3.8) is 0 Å². The number of nitrogens with two attached hydrogens (primary N) is 1. The fourth-order valence-electron chi connectivity index (χ4n) is 1.38. The van der Waals surface area contributed by atoms with Crippen LogP contribution < -0.4 is 11.1 Å². The molecular weight excluding hydrogens is 268 g/mol. The topological polar surface area (TPSA) is 81.4 Å². The molecule has 0 aromatic heterocycles. The van der Waals surface area contributed by atoms with Gasteiger partial charge in [0.25, 0.3) is 5.91 Å². The zero-order valence-electron chi connectivity index (χ0n) is 10.7. The molecule has 6 heteroatoms. The SMILES string of the molecule is CCCCNC(=O)COC(=O)c1ccc(Cl)cc1N. The van der Waals surface area contributed by atoms with Gasteiger partial charge in [-0.3, -0.25) is 4.79 Å². The summed E-state index contributed by atoms with van der Waals surface area (Å²) >= 11 is 5.72. The van der Waals surface area contributed by atoms with E-state index < -0.39 is 5.97 Å². The van der Waals surface area contributed by atoms with Crippen LogP contribution in [-0.2, 0) is 9.53 Å². The van der Waals surface area contributed by atoms with Gasteiger partial charge in [-0.15, -0.1) is 0 Å². The third-order valence-corrected chi connectivity index (χ3v) is 2.66. The quantitative estimate of drug-likeness (QED) is 0.475. The molecule has 0 spiro atoms. The zero-order chi connectivity index (χ0) is 14.3. The normalized spacial score (nSPS) is 10.0. The Balaban J connectivity index is 2.45. The number of halogens is 1. The zero-order valence-corrected chi connectivity index (χ0v) is 11.5. The molecule has 1 amide bonds. The second-order valence-corrected chi connectivity index (χ2v) is 4.45. The summed E-state index contributed by atoms with van der Waals surface area (Å²) in [5.74, 6) is -0.964. The molecule has 0 fully saturated rings. The predicted molar refractivity (Wildman–Crippen MR) is 74.1 cm³/mol. The molecule has 1 rings (SSSR count). The van der Waals surface area contributed by atoms with Crippen molar-refractivity contribution in [2.75, 3.05) is 18.9 Å². The highest BCUT2D eigenvalue weighted by Gasteiger charge is 2.13. The second-order valence-electron chi connectivity index (χ2n) is 4.01. The molecule has 0 radical (unpaired) electrons. The van der Waals surface area contributed by atoms with Crippen molar-refractivity contribution in [1.82, 2.24) is 5.32 Å². The van der Waals surface area contributed by atoms with Gasteiger partial charge < -0.3 is 15.8 Å². The lowest BCUT2D eigenvalue weighted by atomic mass is 10.2. The van der Waals surface area contributed by atoms with E-state index in [-0.39, 0.29) is 23.8 Å². The Bertz CT molecular complexity index is 463. The number of hydrogen-bond donors (Lipinski definition) is 2. The number of nitrogen functional groups attached to an aromatic ring is 1. The van der Waals surface area contributed by atoms with E-state index in [4.69, 9.17) is 22.1 Å². The predicted octanol–water partition coefficient (Wildman–Crippen LogP) is 2.00. The number of hydrogen-bond acceptors (Lipinski definition) is 4. The Labute approximate surface area is 117 Å². The lowest BCUT2D eigenvalue weighted by Gasteiger charge is -2.07. The number of esters is 1. The number of amides is 1. The molecule has 0 saturated heterocycles. The molecule has 5 nitrogen and oxygen atoms in total. The minimum atomic E-state index is -0.639. The largest absolute Gasteiger partial charge is 0.452 e. The van der Waals surface area contributed by atoms with Crippen molar-refractivity contribution in [2.24, 2.45) is 0 Å². The first-order chi connectivity index (χ1) is 9.04. The maximum atomic E-state index is 11.7. The lowest BCUT2D eigenvalue weighted by Crippen LogP contribution is -2.29. The Kier molecular flexibility index (Phi) is 6.15. The van der Waals surface area contributed by atoms with Crippen molar-refractivity contribution in [1.29, 1.82) is 0 Å². The first kappa shape index (κ1) is 15.3. The van der Waals surface area contributed by atoms with Gasteiger partial charge in [0.1, 0.15) is 0 Å². The Morgan fingerprint density at radius 1 is 1.42 bits per heavy atom. The van der Waals surface area contributed by atoms with E-state index in [0.29, 0.717) is 11.6 Å². The molecule has 1 aromatic rings. The van der Waals surface area contributed by atoms with Gasteiger partial charge in [-0.1, -0.05) is 24.9 Å². The van der Waals surface area contributed by atoms with Crippen LogP contribution >= 0.6 is 11.6 Å². The second kappa shape index (κ2) is 7.63. The van der Waals surface area contributed by atoms with Crippen LogP contribution in [0.3, 0.4) is 0 Å². The van der Waals surface area contributed by atoms with Gasteiger partial charge in [0.15, 0.2) is 6.61 Å². The molecule has 0 saturated carbocycles. The van der Waals surface area contributed by atoms with Gasteiger partial charge in [0.05, 0.1) is 5.56 Å². The van der Waals surface area contributed by atoms with E-state index in [9.17, 15) is 9.59 Å². The van der Waals surface area contributed by atoms with Gasteiger partial charge in [0, 0.05) is 17.3 Å².